The van der Waals surface area contributed by atoms with Gasteiger partial charge in [0, 0.05) is 36.1 Å². The van der Waals surface area contributed by atoms with Crippen LogP contribution in [0.4, 0.5) is 5.69 Å². The predicted octanol–water partition coefficient (Wildman–Crippen LogP) is 3.78. The normalized spacial score (nSPS) is 17.2. The van der Waals surface area contributed by atoms with Crippen molar-refractivity contribution in [1.82, 2.24) is 5.32 Å². The van der Waals surface area contributed by atoms with E-state index >= 15 is 0 Å². The second-order valence-corrected chi connectivity index (χ2v) is 6.59. The molecule has 0 bridgehead atoms. The molecule has 1 saturated heterocycles. The van der Waals surface area contributed by atoms with E-state index in [9.17, 15) is 9.59 Å². The third-order valence-corrected chi connectivity index (χ3v) is 4.56. The zero-order chi connectivity index (χ0) is 17.1. The van der Waals surface area contributed by atoms with Crippen LogP contribution in [-0.2, 0) is 4.79 Å². The number of nitrogens with zero attached hydrogens (tertiary/aromatic N) is 1. The number of amides is 2. The molecule has 3 rings (SSSR count). The Bertz CT molecular complexity index is 765. The molecular formula is C18H16Cl2N2O2. The molecule has 1 fully saturated rings. The van der Waals surface area contributed by atoms with E-state index in [-0.39, 0.29) is 17.7 Å². The lowest BCUT2D eigenvalue weighted by Crippen LogP contribution is -2.31. The summed E-state index contributed by atoms with van der Waals surface area (Å²) >= 11 is 11.9. The van der Waals surface area contributed by atoms with E-state index in [1.54, 1.807) is 17.0 Å². The fraction of sp³-hybridized carbons (Fsp3) is 0.222. The number of rotatable bonds is 4. The first-order chi connectivity index (χ1) is 11.5. The maximum absolute atomic E-state index is 12.3. The molecule has 1 heterocycles. The lowest BCUT2D eigenvalue weighted by molar-refractivity contribution is -0.117. The van der Waals surface area contributed by atoms with E-state index in [0.29, 0.717) is 35.1 Å². The van der Waals surface area contributed by atoms with Gasteiger partial charge in [-0.2, -0.15) is 0 Å². The van der Waals surface area contributed by atoms with Gasteiger partial charge in [0.2, 0.25) is 5.91 Å². The molecule has 124 valence electrons. The minimum atomic E-state index is -0.284. The number of halogens is 2. The Kier molecular flexibility index (Phi) is 5.07. The fourth-order valence-electron chi connectivity index (χ4n) is 2.78. The van der Waals surface area contributed by atoms with Crippen LogP contribution in [0, 0.1) is 5.92 Å². The van der Waals surface area contributed by atoms with Crippen molar-refractivity contribution in [1.29, 1.82) is 0 Å². The van der Waals surface area contributed by atoms with Crippen molar-refractivity contribution in [3.05, 3.63) is 64.1 Å². The molecule has 2 amide bonds. The second kappa shape index (κ2) is 7.24. The summed E-state index contributed by atoms with van der Waals surface area (Å²) in [5, 5.41) is 3.65. The van der Waals surface area contributed by atoms with Gasteiger partial charge in [-0.25, -0.2) is 0 Å². The summed E-state index contributed by atoms with van der Waals surface area (Å²) in [6.07, 6.45) is 0.415. The van der Waals surface area contributed by atoms with Gasteiger partial charge in [0.15, 0.2) is 0 Å². The summed E-state index contributed by atoms with van der Waals surface area (Å²) in [4.78, 5) is 26.2. The van der Waals surface area contributed by atoms with Crippen molar-refractivity contribution in [2.75, 3.05) is 18.0 Å². The quantitative estimate of drug-likeness (QED) is 0.899. The number of carbonyl (C=O) groups excluding carboxylic acids is 2. The van der Waals surface area contributed by atoms with Crippen LogP contribution in [0.2, 0.25) is 10.0 Å². The largest absolute Gasteiger partial charge is 0.352 e. The van der Waals surface area contributed by atoms with Crippen molar-refractivity contribution in [3.8, 4) is 0 Å². The molecule has 1 N–H and O–H groups in total. The number of nitrogens with one attached hydrogen (secondary N) is 1. The molecule has 1 aliphatic heterocycles. The molecule has 2 aromatic rings. The van der Waals surface area contributed by atoms with Crippen molar-refractivity contribution in [3.63, 3.8) is 0 Å². The first-order valence-corrected chi connectivity index (χ1v) is 8.39. The van der Waals surface area contributed by atoms with E-state index in [1.807, 2.05) is 30.3 Å². The summed E-state index contributed by atoms with van der Waals surface area (Å²) in [7, 11) is 0. The maximum atomic E-state index is 12.3. The van der Waals surface area contributed by atoms with Crippen LogP contribution >= 0.6 is 23.2 Å². The van der Waals surface area contributed by atoms with E-state index in [0.717, 1.165) is 5.69 Å². The first kappa shape index (κ1) is 16.8. The van der Waals surface area contributed by atoms with E-state index in [1.165, 1.54) is 6.07 Å². The highest BCUT2D eigenvalue weighted by Gasteiger charge is 2.30. The molecule has 0 spiro atoms. The van der Waals surface area contributed by atoms with Crippen LogP contribution in [0.15, 0.2) is 48.5 Å². The highest BCUT2D eigenvalue weighted by atomic mass is 35.5. The Labute approximate surface area is 150 Å². The Morgan fingerprint density at radius 2 is 1.92 bits per heavy atom. The topological polar surface area (TPSA) is 49.4 Å². The molecule has 0 saturated carbocycles. The molecule has 6 heteroatoms. The van der Waals surface area contributed by atoms with Crippen LogP contribution in [0.25, 0.3) is 0 Å². The fourth-order valence-corrected chi connectivity index (χ4v) is 3.16. The van der Waals surface area contributed by atoms with Crippen LogP contribution in [-0.4, -0.2) is 24.9 Å². The average Bonchev–Trinajstić information content (AvgIpc) is 2.96. The molecule has 2 aromatic carbocycles. The predicted molar refractivity (Wildman–Crippen MR) is 95.7 cm³/mol. The van der Waals surface area contributed by atoms with Gasteiger partial charge in [-0.05, 0) is 30.3 Å². The standard InChI is InChI=1S/C18H16Cl2N2O2/c19-13-6-7-16(20)15(9-13)18(24)21-10-12-8-17(23)22(11-12)14-4-2-1-3-5-14/h1-7,9,12H,8,10-11H2,(H,21,24). The minimum Gasteiger partial charge on any atom is -0.352 e. The van der Waals surface area contributed by atoms with Gasteiger partial charge >= 0.3 is 0 Å². The molecule has 1 unspecified atom stereocenters. The number of hydrogen-bond acceptors (Lipinski definition) is 2. The Balaban J connectivity index is 1.61. The van der Waals surface area contributed by atoms with Crippen LogP contribution in [0.3, 0.4) is 0 Å². The van der Waals surface area contributed by atoms with Crippen molar-refractivity contribution >= 4 is 40.7 Å². The van der Waals surface area contributed by atoms with Gasteiger partial charge < -0.3 is 10.2 Å². The molecule has 0 aliphatic carbocycles. The summed E-state index contributed by atoms with van der Waals surface area (Å²) in [6.45, 7) is 1.00. The van der Waals surface area contributed by atoms with Gasteiger partial charge in [0.1, 0.15) is 0 Å². The second-order valence-electron chi connectivity index (χ2n) is 5.74. The molecule has 1 atom stereocenters. The van der Waals surface area contributed by atoms with E-state index in [4.69, 9.17) is 23.2 Å². The van der Waals surface area contributed by atoms with Gasteiger partial charge in [-0.1, -0.05) is 41.4 Å². The monoisotopic (exact) mass is 362 g/mol. The van der Waals surface area contributed by atoms with E-state index in [2.05, 4.69) is 5.32 Å². The van der Waals surface area contributed by atoms with Crippen molar-refractivity contribution < 1.29 is 9.59 Å². The van der Waals surface area contributed by atoms with Gasteiger partial charge in [0.05, 0.1) is 10.6 Å². The van der Waals surface area contributed by atoms with Crippen molar-refractivity contribution in [2.45, 2.75) is 6.42 Å². The zero-order valence-corrected chi connectivity index (χ0v) is 14.3. The number of hydrogen-bond donors (Lipinski definition) is 1. The SMILES string of the molecule is O=C(NCC1CC(=O)N(c2ccccc2)C1)c1cc(Cl)ccc1Cl. The van der Waals surface area contributed by atoms with E-state index < -0.39 is 0 Å². The number of para-hydroxylation sites is 1. The third-order valence-electron chi connectivity index (χ3n) is 4.00. The summed E-state index contributed by atoms with van der Waals surface area (Å²) in [5.41, 5.74) is 1.22. The first-order valence-electron chi connectivity index (χ1n) is 7.63. The number of carbonyl (C=O) groups is 2. The molecule has 0 radical (unpaired) electrons. The maximum Gasteiger partial charge on any atom is 0.252 e. The zero-order valence-electron chi connectivity index (χ0n) is 12.8. The number of benzene rings is 2. The van der Waals surface area contributed by atoms with Gasteiger partial charge in [0.25, 0.3) is 5.91 Å². The third kappa shape index (κ3) is 3.71. The average molecular weight is 363 g/mol. The molecule has 24 heavy (non-hydrogen) atoms. The van der Waals surface area contributed by atoms with Crippen molar-refractivity contribution in [2.24, 2.45) is 5.92 Å². The van der Waals surface area contributed by atoms with Crippen LogP contribution < -0.4 is 10.2 Å². The lowest BCUT2D eigenvalue weighted by Gasteiger charge is -2.17. The number of anilines is 1. The summed E-state index contributed by atoms with van der Waals surface area (Å²) in [5.74, 6) is -0.144. The Morgan fingerprint density at radius 3 is 2.67 bits per heavy atom. The van der Waals surface area contributed by atoms with Crippen LogP contribution in [0.5, 0.6) is 0 Å². The van der Waals surface area contributed by atoms with Gasteiger partial charge in [-0.3, -0.25) is 9.59 Å². The lowest BCUT2D eigenvalue weighted by atomic mass is 10.1. The summed E-state index contributed by atoms with van der Waals surface area (Å²) in [6, 6.07) is 14.3. The van der Waals surface area contributed by atoms with Gasteiger partial charge in [-0.15, -0.1) is 0 Å². The Morgan fingerprint density at radius 1 is 1.17 bits per heavy atom. The molecule has 1 aliphatic rings. The summed E-state index contributed by atoms with van der Waals surface area (Å²) < 4.78 is 0. The smallest absolute Gasteiger partial charge is 0.252 e. The minimum absolute atomic E-state index is 0.0691. The van der Waals surface area contributed by atoms with Crippen LogP contribution in [0.1, 0.15) is 16.8 Å². The molecule has 4 nitrogen and oxygen atoms in total. The highest BCUT2D eigenvalue weighted by Crippen LogP contribution is 2.25. The Hall–Kier alpha value is -2.04. The molecular weight excluding hydrogens is 347 g/mol. The molecule has 0 aromatic heterocycles. The highest BCUT2D eigenvalue weighted by molar-refractivity contribution is 6.35.